The van der Waals surface area contributed by atoms with Gasteiger partial charge in [-0.05, 0) is 87.2 Å². The van der Waals surface area contributed by atoms with Crippen LogP contribution < -0.4 is 10.6 Å². The summed E-state index contributed by atoms with van der Waals surface area (Å²) in [6, 6.07) is 13.9. The fourth-order valence-corrected chi connectivity index (χ4v) is 4.41. The third-order valence-electron chi connectivity index (χ3n) is 7.18. The van der Waals surface area contributed by atoms with Gasteiger partial charge in [0.15, 0.2) is 0 Å². The number of amides is 1. The van der Waals surface area contributed by atoms with E-state index in [-0.39, 0.29) is 0 Å². The van der Waals surface area contributed by atoms with Crippen LogP contribution in [0.15, 0.2) is 110 Å². The van der Waals surface area contributed by atoms with Crippen molar-refractivity contribution in [2.45, 2.75) is 67.1 Å². The highest BCUT2D eigenvalue weighted by Gasteiger charge is 2.31. The number of nitrogens with zero attached hydrogens (tertiary/aromatic N) is 4. The summed E-state index contributed by atoms with van der Waals surface area (Å²) < 4.78 is 10.4. The lowest BCUT2D eigenvalue weighted by Crippen LogP contribution is -2.35. The average Bonchev–Trinajstić information content (AvgIpc) is 3.60. The number of benzene rings is 1. The monoisotopic (exact) mass is 668 g/mol. The van der Waals surface area contributed by atoms with E-state index in [1.54, 1.807) is 57.3 Å². The van der Waals surface area contributed by atoms with E-state index in [1.807, 2.05) is 64.2 Å². The smallest absolute Gasteiger partial charge is 0.412 e. The van der Waals surface area contributed by atoms with Gasteiger partial charge in [-0.25, -0.2) is 14.8 Å². The average molecular weight is 669 g/mol. The number of pyridine rings is 1. The Morgan fingerprint density at radius 2 is 1.76 bits per heavy atom. The highest BCUT2D eigenvalue weighted by Crippen LogP contribution is 2.29. The van der Waals surface area contributed by atoms with Crippen LogP contribution in [-0.4, -0.2) is 58.3 Å². The van der Waals surface area contributed by atoms with E-state index >= 15 is 0 Å². The molecule has 2 N–H and O–H groups in total. The van der Waals surface area contributed by atoms with Crippen molar-refractivity contribution >= 4 is 23.7 Å². The summed E-state index contributed by atoms with van der Waals surface area (Å²) in [5.41, 5.74) is 5.83. The van der Waals surface area contributed by atoms with Crippen LogP contribution in [0.4, 0.5) is 16.4 Å². The molecule has 262 valence electrons. The second kappa shape index (κ2) is 19.5. The fraction of sp³-hybridized carbons (Fsp3) is 0.359. The van der Waals surface area contributed by atoms with Crippen LogP contribution in [0.2, 0.25) is 0 Å². The predicted octanol–water partition coefficient (Wildman–Crippen LogP) is 8.77. The number of anilines is 2. The molecule has 2 unspecified atom stereocenters. The molecular weight excluding hydrogens is 616 g/mol. The van der Waals surface area contributed by atoms with Crippen molar-refractivity contribution in [2.75, 3.05) is 30.8 Å². The van der Waals surface area contributed by atoms with E-state index in [1.165, 1.54) is 5.56 Å². The quantitative estimate of drug-likeness (QED) is 0.124. The second-order valence-electron chi connectivity index (χ2n) is 12.2. The first kappa shape index (κ1) is 39.9. The van der Waals surface area contributed by atoms with Crippen molar-refractivity contribution in [3.05, 3.63) is 115 Å². The molecule has 2 aromatic heterocycles. The lowest BCUT2D eigenvalue weighted by atomic mass is 9.97. The van der Waals surface area contributed by atoms with Gasteiger partial charge >= 0.3 is 12.1 Å². The Kier molecular flexibility index (Phi) is 15.9. The van der Waals surface area contributed by atoms with E-state index in [9.17, 15) is 9.59 Å². The molecule has 49 heavy (non-hydrogen) atoms. The largest absolute Gasteiger partial charge is 0.425 e. The SMILES string of the molecule is C=CC(=C)/C=C(/Nc1nccc(-c2cccnc2)n1)C(=C)C.CC.CNc1ccc(C2CCN(C(=O)OC(C)OC(=O)C(C)(C)C)C2)cc1. The minimum atomic E-state index is -0.895. The van der Waals surface area contributed by atoms with Crippen LogP contribution in [0.25, 0.3) is 11.3 Å². The Hall–Kier alpha value is -5.25. The molecule has 1 saturated heterocycles. The lowest BCUT2D eigenvalue weighted by molar-refractivity contribution is -0.175. The molecule has 4 rings (SSSR count). The van der Waals surface area contributed by atoms with Gasteiger partial charge in [-0.2, -0.15) is 0 Å². The number of esters is 1. The molecule has 3 heterocycles. The van der Waals surface area contributed by atoms with Gasteiger partial charge in [0.25, 0.3) is 0 Å². The van der Waals surface area contributed by atoms with Crippen LogP contribution in [0, 0.1) is 5.41 Å². The molecule has 1 aliphatic heterocycles. The van der Waals surface area contributed by atoms with Gasteiger partial charge in [0, 0.05) is 68.5 Å². The number of nitrogens with one attached hydrogen (secondary N) is 2. The van der Waals surface area contributed by atoms with Crippen LogP contribution in [0.3, 0.4) is 0 Å². The zero-order chi connectivity index (χ0) is 36.6. The Morgan fingerprint density at radius 1 is 1.06 bits per heavy atom. The van der Waals surface area contributed by atoms with Crippen LogP contribution in [0.5, 0.6) is 0 Å². The third-order valence-corrected chi connectivity index (χ3v) is 7.18. The number of hydrogen-bond donors (Lipinski definition) is 2. The molecule has 0 radical (unpaired) electrons. The van der Waals surface area contributed by atoms with Gasteiger partial charge in [-0.3, -0.25) is 9.78 Å². The zero-order valence-corrected chi connectivity index (χ0v) is 30.2. The minimum absolute atomic E-state index is 0.297. The molecule has 2 atom stereocenters. The van der Waals surface area contributed by atoms with Crippen molar-refractivity contribution in [3.63, 3.8) is 0 Å². The first-order valence-electron chi connectivity index (χ1n) is 16.4. The third kappa shape index (κ3) is 13.1. The molecule has 0 bridgehead atoms. The number of hydrogen-bond acceptors (Lipinski definition) is 9. The summed E-state index contributed by atoms with van der Waals surface area (Å²) in [6.45, 7) is 25.5. The second-order valence-corrected chi connectivity index (χ2v) is 12.2. The van der Waals surface area contributed by atoms with E-state index in [0.717, 1.165) is 40.2 Å². The molecule has 1 aliphatic rings. The number of likely N-dealkylation sites (tertiary alicyclic amines) is 1. The number of carbonyl (C=O) groups is 2. The molecule has 3 aromatic rings. The van der Waals surface area contributed by atoms with Crippen LogP contribution in [0.1, 0.15) is 66.4 Å². The highest BCUT2D eigenvalue weighted by molar-refractivity contribution is 5.75. The van der Waals surface area contributed by atoms with E-state index in [2.05, 4.69) is 57.5 Å². The van der Waals surface area contributed by atoms with Gasteiger partial charge in [0.1, 0.15) is 0 Å². The maximum atomic E-state index is 12.3. The molecule has 1 aromatic carbocycles. The standard InChI is InChI=1S/C19H28N2O4.C18H18N4.C2H6/c1-13(24-17(22)19(2,3)4)25-18(23)21-11-10-15(12-21)14-6-8-16(20-5)9-7-14;1-5-14(4)11-17(13(2)3)22-18-20-10-8-16(21-18)15-7-6-9-19-12-15;1-2/h6-9,13,15,20H,10-12H2,1-5H3;5-12H,1-2,4H2,3H3,(H,20,21,22);1-2H3/b;17-11+;. The van der Waals surface area contributed by atoms with Crippen LogP contribution >= 0.6 is 0 Å². The molecule has 10 heteroatoms. The molecule has 0 saturated carbocycles. The van der Waals surface area contributed by atoms with Crippen molar-refractivity contribution in [1.29, 1.82) is 0 Å². The molecule has 0 spiro atoms. The maximum Gasteiger partial charge on any atom is 0.412 e. The molecule has 1 amide bonds. The first-order chi connectivity index (χ1) is 23.3. The lowest BCUT2D eigenvalue weighted by Gasteiger charge is -2.23. The number of aromatic nitrogens is 3. The number of carbonyl (C=O) groups excluding carboxylic acids is 2. The fourth-order valence-electron chi connectivity index (χ4n) is 4.41. The topological polar surface area (TPSA) is 119 Å². The summed E-state index contributed by atoms with van der Waals surface area (Å²) >= 11 is 0. The Balaban J connectivity index is 0.000000326. The van der Waals surface area contributed by atoms with Crippen molar-refractivity contribution in [3.8, 4) is 11.3 Å². The molecular formula is C39H52N6O4. The number of ether oxygens (including phenoxy) is 2. The molecule has 10 nitrogen and oxygen atoms in total. The first-order valence-corrected chi connectivity index (χ1v) is 16.4. The van der Waals surface area contributed by atoms with Gasteiger partial charge in [-0.15, -0.1) is 0 Å². The number of rotatable bonds is 10. The summed E-state index contributed by atoms with van der Waals surface area (Å²) in [7, 11) is 1.88. The highest BCUT2D eigenvalue weighted by atomic mass is 16.7. The van der Waals surface area contributed by atoms with Crippen molar-refractivity contribution in [2.24, 2.45) is 5.41 Å². The van der Waals surface area contributed by atoms with Crippen molar-refractivity contribution < 1.29 is 19.1 Å². The summed E-state index contributed by atoms with van der Waals surface area (Å²) in [5, 5.41) is 6.26. The normalized spacial score (nSPS) is 14.5. The van der Waals surface area contributed by atoms with E-state index in [0.29, 0.717) is 25.0 Å². The molecule has 0 aliphatic carbocycles. The van der Waals surface area contributed by atoms with Gasteiger partial charge in [0.05, 0.1) is 11.1 Å². The Labute approximate surface area is 292 Å². The Bertz CT molecular complexity index is 1580. The van der Waals surface area contributed by atoms with Gasteiger partial charge < -0.3 is 25.0 Å². The summed E-state index contributed by atoms with van der Waals surface area (Å²) in [6.07, 6.45) is 8.29. The van der Waals surface area contributed by atoms with Gasteiger partial charge in [-0.1, -0.05) is 51.8 Å². The summed E-state index contributed by atoms with van der Waals surface area (Å²) in [4.78, 5) is 38.6. The van der Waals surface area contributed by atoms with Crippen molar-refractivity contribution in [1.82, 2.24) is 19.9 Å². The number of allylic oxidation sites excluding steroid dienone is 4. The van der Waals surface area contributed by atoms with Gasteiger partial charge in [0.2, 0.25) is 12.2 Å². The Morgan fingerprint density at radius 3 is 2.33 bits per heavy atom. The maximum absolute atomic E-state index is 12.3. The van der Waals surface area contributed by atoms with E-state index < -0.39 is 23.8 Å². The van der Waals surface area contributed by atoms with E-state index in [4.69, 9.17) is 9.47 Å². The van der Waals surface area contributed by atoms with Crippen LogP contribution in [-0.2, 0) is 14.3 Å². The minimum Gasteiger partial charge on any atom is -0.425 e. The molecule has 1 fully saturated rings. The zero-order valence-electron chi connectivity index (χ0n) is 30.2. The summed E-state index contributed by atoms with van der Waals surface area (Å²) in [5.74, 6) is 0.398. The predicted molar refractivity (Wildman–Crippen MR) is 199 cm³/mol.